The normalized spacial score (nSPS) is 11.5. The summed E-state index contributed by atoms with van der Waals surface area (Å²) in [4.78, 5) is 10.8. The smallest absolute Gasteiger partial charge is 0.160 e. The van der Waals surface area contributed by atoms with Gasteiger partial charge in [-0.05, 0) is 94.0 Å². The Morgan fingerprint density at radius 3 is 1.26 bits per heavy atom. The van der Waals surface area contributed by atoms with Crippen LogP contribution in [0.1, 0.15) is 0 Å². The highest BCUT2D eigenvalue weighted by molar-refractivity contribution is 6.13. The lowest BCUT2D eigenvalue weighted by Crippen LogP contribution is -2.03. The molecule has 3 aromatic heterocycles. The molecule has 318 valence electrons. The summed E-state index contributed by atoms with van der Waals surface area (Å²) in [6.45, 7) is 0. The Labute approximate surface area is 393 Å². The first kappa shape index (κ1) is 39.3. The zero-order valence-electron chi connectivity index (χ0n) is 36.9. The molecule has 4 nitrogen and oxygen atoms in total. The zero-order chi connectivity index (χ0) is 45.0. The van der Waals surface area contributed by atoms with E-state index in [9.17, 15) is 0 Å². The van der Waals surface area contributed by atoms with E-state index < -0.39 is 0 Å². The summed E-state index contributed by atoms with van der Waals surface area (Å²) < 4.78 is 8.88. The number of hydrogen-bond donors (Lipinski definition) is 0. The first-order valence-corrected chi connectivity index (χ1v) is 23.1. The van der Waals surface area contributed by atoms with Crippen LogP contribution in [0.5, 0.6) is 0 Å². The van der Waals surface area contributed by atoms with E-state index in [1.165, 1.54) is 33.0 Å². The molecule has 13 rings (SSSR count). The quantitative estimate of drug-likeness (QED) is 0.153. The standard InChI is InChI=1S/C64H41N3O/c1-6-18-42(19-7-1)47-31-34-59-55(36-47)56-37-48(43-20-8-2-9-21-43)32-35-60(56)67(59)63-53(44-22-10-3-11-23-44)38-50(39-54(63)45-24-12-4-13-25-45)64-65-57(46-26-14-5-15-27-46)41-58(66-64)49-30-33-52-51-28-16-17-29-61(51)68-62(52)40-49/h1-41H. The molecule has 0 saturated carbocycles. The van der Waals surface area contributed by atoms with Crippen molar-refractivity contribution in [2.75, 3.05) is 0 Å². The molecule has 0 radical (unpaired) electrons. The lowest BCUT2D eigenvalue weighted by atomic mass is 9.92. The van der Waals surface area contributed by atoms with Gasteiger partial charge in [0.05, 0.1) is 28.1 Å². The van der Waals surface area contributed by atoms with Crippen LogP contribution >= 0.6 is 0 Å². The van der Waals surface area contributed by atoms with Gasteiger partial charge in [0.15, 0.2) is 5.82 Å². The van der Waals surface area contributed by atoms with Gasteiger partial charge in [0.25, 0.3) is 0 Å². The SMILES string of the molecule is c1ccc(-c2ccc3c(c2)c2cc(-c4ccccc4)ccc2n3-c2c(-c3ccccc3)cc(-c3nc(-c4ccccc4)cc(-c4ccc5c(c4)oc4ccccc45)n3)cc2-c2ccccc2)cc1. The lowest BCUT2D eigenvalue weighted by molar-refractivity contribution is 0.669. The van der Waals surface area contributed by atoms with Crippen LogP contribution in [0.4, 0.5) is 0 Å². The summed E-state index contributed by atoms with van der Waals surface area (Å²) in [7, 11) is 0. The van der Waals surface area contributed by atoms with Crippen molar-refractivity contribution >= 4 is 43.7 Å². The average Bonchev–Trinajstić information content (AvgIpc) is 3.96. The van der Waals surface area contributed by atoms with Gasteiger partial charge < -0.3 is 8.98 Å². The van der Waals surface area contributed by atoms with Gasteiger partial charge in [-0.2, -0.15) is 0 Å². The van der Waals surface area contributed by atoms with Gasteiger partial charge in [-0.3, -0.25) is 0 Å². The molecular formula is C64H41N3O. The summed E-state index contributed by atoms with van der Waals surface area (Å²) in [5.41, 5.74) is 18.6. The first-order chi connectivity index (χ1) is 33.7. The van der Waals surface area contributed by atoms with Crippen molar-refractivity contribution in [1.82, 2.24) is 14.5 Å². The van der Waals surface area contributed by atoms with Crippen LogP contribution in [0.3, 0.4) is 0 Å². The van der Waals surface area contributed by atoms with Crippen LogP contribution in [0.2, 0.25) is 0 Å². The highest BCUT2D eigenvalue weighted by Crippen LogP contribution is 2.45. The summed E-state index contributed by atoms with van der Waals surface area (Å²) in [5.74, 6) is 0.634. The number of hydrogen-bond acceptors (Lipinski definition) is 3. The molecule has 0 aliphatic rings. The van der Waals surface area contributed by atoms with E-state index >= 15 is 0 Å². The monoisotopic (exact) mass is 867 g/mol. The minimum atomic E-state index is 0.634. The number of aromatic nitrogens is 3. The van der Waals surface area contributed by atoms with Gasteiger partial charge in [-0.1, -0.05) is 188 Å². The van der Waals surface area contributed by atoms with E-state index in [1.54, 1.807) is 0 Å². The maximum absolute atomic E-state index is 6.40. The molecule has 0 spiro atoms. The molecule has 10 aromatic carbocycles. The molecule has 0 fully saturated rings. The second-order valence-corrected chi connectivity index (χ2v) is 17.3. The highest BCUT2D eigenvalue weighted by atomic mass is 16.3. The fourth-order valence-electron chi connectivity index (χ4n) is 9.93. The van der Waals surface area contributed by atoms with Crippen molar-refractivity contribution < 1.29 is 4.42 Å². The van der Waals surface area contributed by atoms with Crippen LogP contribution in [-0.2, 0) is 0 Å². The fraction of sp³-hybridized carbons (Fsp3) is 0. The number of furan rings is 1. The third-order valence-corrected chi connectivity index (χ3v) is 13.2. The zero-order valence-corrected chi connectivity index (χ0v) is 36.9. The maximum atomic E-state index is 6.40. The molecule has 0 bridgehead atoms. The van der Waals surface area contributed by atoms with Crippen molar-refractivity contribution in [3.63, 3.8) is 0 Å². The number of nitrogens with zero attached hydrogens (tertiary/aromatic N) is 3. The van der Waals surface area contributed by atoms with Crippen molar-refractivity contribution in [3.8, 4) is 84.1 Å². The Hall–Kier alpha value is -9.12. The molecule has 3 heterocycles. The average molecular weight is 868 g/mol. The third kappa shape index (κ3) is 6.86. The number of fused-ring (bicyclic) bond motifs is 6. The summed E-state index contributed by atoms with van der Waals surface area (Å²) >= 11 is 0. The summed E-state index contributed by atoms with van der Waals surface area (Å²) in [5, 5.41) is 4.55. The number of para-hydroxylation sites is 1. The van der Waals surface area contributed by atoms with Crippen molar-refractivity contribution in [2.45, 2.75) is 0 Å². The topological polar surface area (TPSA) is 43.9 Å². The Morgan fingerprint density at radius 2 is 0.721 bits per heavy atom. The van der Waals surface area contributed by atoms with Gasteiger partial charge in [0, 0.05) is 49.4 Å². The minimum absolute atomic E-state index is 0.634. The van der Waals surface area contributed by atoms with E-state index in [2.05, 4.69) is 235 Å². The highest BCUT2D eigenvalue weighted by Gasteiger charge is 2.24. The van der Waals surface area contributed by atoms with Crippen LogP contribution < -0.4 is 0 Å². The molecule has 68 heavy (non-hydrogen) atoms. The van der Waals surface area contributed by atoms with Crippen molar-refractivity contribution in [1.29, 1.82) is 0 Å². The van der Waals surface area contributed by atoms with Crippen LogP contribution in [0.25, 0.3) is 128 Å². The van der Waals surface area contributed by atoms with Gasteiger partial charge in [-0.25, -0.2) is 9.97 Å². The molecule has 0 saturated heterocycles. The molecule has 4 heteroatoms. The minimum Gasteiger partial charge on any atom is -0.456 e. The predicted molar refractivity (Wildman–Crippen MR) is 282 cm³/mol. The summed E-state index contributed by atoms with van der Waals surface area (Å²) in [6.07, 6.45) is 0. The van der Waals surface area contributed by atoms with Crippen molar-refractivity contribution in [2.24, 2.45) is 0 Å². The fourth-order valence-corrected chi connectivity index (χ4v) is 9.93. The van der Waals surface area contributed by atoms with Gasteiger partial charge in [0.2, 0.25) is 0 Å². The largest absolute Gasteiger partial charge is 0.456 e. The number of benzene rings is 10. The van der Waals surface area contributed by atoms with Crippen LogP contribution in [0, 0.1) is 0 Å². The Balaban J connectivity index is 1.10. The van der Waals surface area contributed by atoms with Gasteiger partial charge >= 0.3 is 0 Å². The molecule has 13 aromatic rings. The van der Waals surface area contributed by atoms with E-state index in [1.807, 2.05) is 18.2 Å². The predicted octanol–water partition coefficient (Wildman–Crippen LogP) is 17.1. The summed E-state index contributed by atoms with van der Waals surface area (Å²) in [6, 6.07) is 88.3. The molecule has 0 amide bonds. The van der Waals surface area contributed by atoms with E-state index in [-0.39, 0.29) is 0 Å². The molecule has 0 aliphatic carbocycles. The van der Waals surface area contributed by atoms with Gasteiger partial charge in [-0.15, -0.1) is 0 Å². The molecule has 0 unspecified atom stereocenters. The third-order valence-electron chi connectivity index (χ3n) is 13.2. The molecule has 0 aliphatic heterocycles. The van der Waals surface area contributed by atoms with Gasteiger partial charge in [0.1, 0.15) is 11.2 Å². The Kier molecular flexibility index (Phi) is 9.47. The van der Waals surface area contributed by atoms with E-state index in [4.69, 9.17) is 14.4 Å². The molecule has 0 atom stereocenters. The lowest BCUT2D eigenvalue weighted by Gasteiger charge is -2.21. The van der Waals surface area contributed by atoms with E-state index in [0.717, 1.165) is 89.0 Å². The molecule has 0 N–H and O–H groups in total. The maximum Gasteiger partial charge on any atom is 0.160 e. The van der Waals surface area contributed by atoms with Crippen molar-refractivity contribution in [3.05, 3.63) is 249 Å². The number of rotatable bonds is 8. The second kappa shape index (κ2) is 16.4. The van der Waals surface area contributed by atoms with E-state index in [0.29, 0.717) is 5.82 Å². The second-order valence-electron chi connectivity index (χ2n) is 17.3. The van der Waals surface area contributed by atoms with Crippen LogP contribution in [0.15, 0.2) is 253 Å². The Bertz CT molecular complexity index is 3830. The Morgan fingerprint density at radius 1 is 0.279 bits per heavy atom. The van der Waals surface area contributed by atoms with Crippen LogP contribution in [-0.4, -0.2) is 14.5 Å². The first-order valence-electron chi connectivity index (χ1n) is 23.1. The molecular weight excluding hydrogens is 827 g/mol.